The lowest BCUT2D eigenvalue weighted by molar-refractivity contribution is -0.328. The highest BCUT2D eigenvalue weighted by molar-refractivity contribution is 5.69. The van der Waals surface area contributed by atoms with Crippen molar-refractivity contribution in [2.75, 3.05) is 0 Å². The van der Waals surface area contributed by atoms with Crippen molar-refractivity contribution in [3.8, 4) is 0 Å². The molecule has 50 heavy (non-hydrogen) atoms. The van der Waals surface area contributed by atoms with E-state index in [1.807, 2.05) is 0 Å². The lowest BCUT2D eigenvalue weighted by Gasteiger charge is -2.54. The van der Waals surface area contributed by atoms with Crippen molar-refractivity contribution < 1.29 is 39.0 Å². The summed E-state index contributed by atoms with van der Waals surface area (Å²) in [7, 11) is 0. The van der Waals surface area contributed by atoms with Crippen LogP contribution in [0.4, 0.5) is 0 Å². The maximum absolute atomic E-state index is 12.8. The van der Waals surface area contributed by atoms with Gasteiger partial charge in [0.2, 0.25) is 0 Å². The SMILES string of the molecule is CC1(C)CC(OC(=O)CCCCCCCCC(=O)OC2CC(C)(C)N(OC3CCCCC3O)C(C)(C)C2)CC(C)(C)N1OC1CCCCC1O. The fourth-order valence-corrected chi connectivity index (χ4v) is 9.49. The fourth-order valence-electron chi connectivity index (χ4n) is 9.49. The molecule has 4 unspecified atom stereocenters. The maximum atomic E-state index is 12.8. The number of nitrogens with zero attached hydrogens (tertiary/aromatic N) is 2. The number of hydrogen-bond donors (Lipinski definition) is 2. The standard InChI is InChI=1S/C40H72N2O8/c1-37(2)25-29(26-38(3,4)41(37)49-33-21-17-15-19-31(33)43)47-35(45)23-13-11-9-10-12-14-24-36(46)48-30-27-39(5,6)42(40(7,8)28-30)50-34-22-18-16-20-32(34)44/h29-34,43-44H,9-28H2,1-8H3. The number of carbonyl (C=O) groups is 2. The van der Waals surface area contributed by atoms with Crippen molar-refractivity contribution in [3.05, 3.63) is 0 Å². The zero-order valence-electron chi connectivity index (χ0n) is 32.8. The molecule has 0 aromatic carbocycles. The zero-order valence-corrected chi connectivity index (χ0v) is 32.8. The van der Waals surface area contributed by atoms with Crippen LogP contribution in [0.25, 0.3) is 0 Å². The highest BCUT2D eigenvalue weighted by Crippen LogP contribution is 2.43. The van der Waals surface area contributed by atoms with E-state index in [2.05, 4.69) is 65.5 Å². The number of aliphatic hydroxyl groups excluding tert-OH is 2. The van der Waals surface area contributed by atoms with Gasteiger partial charge in [-0.2, -0.15) is 10.1 Å². The molecule has 4 atom stereocenters. The largest absolute Gasteiger partial charge is 0.462 e. The summed E-state index contributed by atoms with van der Waals surface area (Å²) in [6.45, 7) is 17.1. The molecule has 0 bridgehead atoms. The summed E-state index contributed by atoms with van der Waals surface area (Å²) in [5.41, 5.74) is -1.30. The number of ether oxygens (including phenoxy) is 2. The van der Waals surface area contributed by atoms with Gasteiger partial charge in [0.05, 0.1) is 12.2 Å². The average Bonchev–Trinajstić information content (AvgIpc) is 2.99. The molecule has 4 fully saturated rings. The average molecular weight is 709 g/mol. The Labute approximate surface area is 303 Å². The quantitative estimate of drug-likeness (QED) is 0.129. The third-order valence-electron chi connectivity index (χ3n) is 11.5. The Bertz CT molecular complexity index is 973. The van der Waals surface area contributed by atoms with E-state index >= 15 is 0 Å². The fraction of sp³-hybridized carbons (Fsp3) is 0.950. The molecule has 2 aliphatic heterocycles. The van der Waals surface area contributed by atoms with Gasteiger partial charge in [0, 0.05) is 60.7 Å². The zero-order chi connectivity index (χ0) is 36.7. The van der Waals surface area contributed by atoms with Gasteiger partial charge in [0.1, 0.15) is 24.4 Å². The summed E-state index contributed by atoms with van der Waals surface area (Å²) in [6, 6.07) is 0. The van der Waals surface area contributed by atoms with Gasteiger partial charge < -0.3 is 19.7 Å². The maximum Gasteiger partial charge on any atom is 0.306 e. The van der Waals surface area contributed by atoms with Crippen LogP contribution < -0.4 is 0 Å². The number of esters is 2. The van der Waals surface area contributed by atoms with E-state index in [1.165, 1.54) is 0 Å². The molecule has 0 radical (unpaired) electrons. The lowest BCUT2D eigenvalue weighted by Crippen LogP contribution is -2.63. The Morgan fingerprint density at radius 1 is 0.520 bits per heavy atom. The number of unbranched alkanes of at least 4 members (excludes halogenated alkanes) is 5. The minimum atomic E-state index is -0.425. The van der Waals surface area contributed by atoms with Gasteiger partial charge in [-0.05, 0) is 93.9 Å². The summed E-state index contributed by atoms with van der Waals surface area (Å²) in [5, 5.41) is 25.1. The van der Waals surface area contributed by atoms with Crippen molar-refractivity contribution in [1.82, 2.24) is 10.1 Å². The molecule has 2 aliphatic carbocycles. The molecule has 2 saturated heterocycles. The number of piperidine rings is 2. The molecule has 2 heterocycles. The van der Waals surface area contributed by atoms with Crippen molar-refractivity contribution in [3.63, 3.8) is 0 Å². The third kappa shape index (κ3) is 11.6. The summed E-state index contributed by atoms with van der Waals surface area (Å²) in [5.74, 6) is -0.256. The normalized spacial score (nSPS) is 30.5. The molecule has 0 aromatic heterocycles. The van der Waals surface area contributed by atoms with Crippen molar-refractivity contribution >= 4 is 11.9 Å². The summed E-state index contributed by atoms with van der Waals surface area (Å²) in [4.78, 5) is 38.4. The monoisotopic (exact) mass is 709 g/mol. The van der Waals surface area contributed by atoms with Crippen LogP contribution in [0, 0.1) is 0 Å². The van der Waals surface area contributed by atoms with Gasteiger partial charge in [-0.1, -0.05) is 51.4 Å². The Kier molecular flexibility index (Phi) is 14.7. The Morgan fingerprint density at radius 2 is 0.820 bits per heavy atom. The summed E-state index contributed by atoms with van der Waals surface area (Å²) >= 11 is 0. The van der Waals surface area contributed by atoms with Gasteiger partial charge in [0.15, 0.2) is 0 Å². The first-order valence-electron chi connectivity index (χ1n) is 20.1. The van der Waals surface area contributed by atoms with Crippen molar-refractivity contribution in [2.45, 2.75) is 243 Å². The van der Waals surface area contributed by atoms with Gasteiger partial charge in [0.25, 0.3) is 0 Å². The van der Waals surface area contributed by atoms with Crippen LogP contribution in [0.1, 0.15) is 184 Å². The first-order valence-corrected chi connectivity index (χ1v) is 20.1. The van der Waals surface area contributed by atoms with E-state index in [4.69, 9.17) is 19.1 Å². The van der Waals surface area contributed by atoms with Crippen molar-refractivity contribution in [1.29, 1.82) is 0 Å². The predicted octanol–water partition coefficient (Wildman–Crippen LogP) is 7.71. The molecule has 4 rings (SSSR count). The van der Waals surface area contributed by atoms with Crippen LogP contribution in [0.5, 0.6) is 0 Å². The van der Waals surface area contributed by atoms with E-state index in [0.29, 0.717) is 38.5 Å². The number of aliphatic hydroxyl groups is 2. The van der Waals surface area contributed by atoms with Crippen LogP contribution in [0.15, 0.2) is 0 Å². The highest BCUT2D eigenvalue weighted by atomic mass is 16.7. The smallest absolute Gasteiger partial charge is 0.306 e. The summed E-state index contributed by atoms with van der Waals surface area (Å²) < 4.78 is 12.0. The van der Waals surface area contributed by atoms with E-state index in [1.54, 1.807) is 0 Å². The molecular formula is C40H72N2O8. The van der Waals surface area contributed by atoms with Gasteiger partial charge in [-0.3, -0.25) is 19.3 Å². The minimum Gasteiger partial charge on any atom is -0.462 e. The molecular weight excluding hydrogens is 636 g/mol. The van der Waals surface area contributed by atoms with Crippen molar-refractivity contribution in [2.24, 2.45) is 0 Å². The molecule has 2 N–H and O–H groups in total. The summed E-state index contributed by atoms with van der Waals surface area (Å²) in [6.07, 6.45) is 15.3. The van der Waals surface area contributed by atoms with Crippen LogP contribution in [-0.4, -0.2) is 91.1 Å². The molecule has 4 aliphatic rings. The predicted molar refractivity (Wildman–Crippen MR) is 194 cm³/mol. The Morgan fingerprint density at radius 3 is 1.14 bits per heavy atom. The topological polar surface area (TPSA) is 118 Å². The molecule has 0 aromatic rings. The lowest BCUT2D eigenvalue weighted by atomic mass is 9.80. The van der Waals surface area contributed by atoms with E-state index in [9.17, 15) is 19.8 Å². The molecule has 2 saturated carbocycles. The van der Waals surface area contributed by atoms with Gasteiger partial charge >= 0.3 is 11.9 Å². The Balaban J connectivity index is 1.07. The highest BCUT2D eigenvalue weighted by Gasteiger charge is 2.50. The minimum absolute atomic E-state index is 0.128. The van der Waals surface area contributed by atoms with Gasteiger partial charge in [-0.25, -0.2) is 0 Å². The van der Waals surface area contributed by atoms with Crippen LogP contribution in [0.3, 0.4) is 0 Å². The number of rotatable bonds is 15. The second kappa shape index (κ2) is 17.7. The second-order valence-electron chi connectivity index (χ2n) is 18.5. The van der Waals surface area contributed by atoms with Crippen LogP contribution in [0.2, 0.25) is 0 Å². The second-order valence-corrected chi connectivity index (χ2v) is 18.5. The first kappa shape index (κ1) is 41.5. The molecule has 10 nitrogen and oxygen atoms in total. The van der Waals surface area contributed by atoms with Crippen LogP contribution >= 0.6 is 0 Å². The van der Waals surface area contributed by atoms with Crippen LogP contribution in [-0.2, 0) is 28.7 Å². The number of carbonyl (C=O) groups excluding carboxylic acids is 2. The molecule has 10 heteroatoms. The molecule has 0 amide bonds. The van der Waals surface area contributed by atoms with E-state index < -0.39 is 12.2 Å². The Hall–Kier alpha value is -1.30. The van der Waals surface area contributed by atoms with Gasteiger partial charge in [-0.15, -0.1) is 0 Å². The van der Waals surface area contributed by atoms with E-state index in [0.717, 1.165) is 89.9 Å². The molecule has 0 spiro atoms. The molecule has 290 valence electrons. The first-order chi connectivity index (χ1) is 23.4. The van der Waals surface area contributed by atoms with E-state index in [-0.39, 0.29) is 58.5 Å². The third-order valence-corrected chi connectivity index (χ3v) is 11.5. The number of hydrogen-bond acceptors (Lipinski definition) is 10. The number of hydroxylamine groups is 4.